The number of hydrogen-bond acceptors (Lipinski definition) is 3. The lowest BCUT2D eigenvalue weighted by Crippen LogP contribution is -2.13. The van der Waals surface area contributed by atoms with Gasteiger partial charge in [-0.05, 0) is 59.4 Å². The Hall–Kier alpha value is -3.25. The third kappa shape index (κ3) is 3.91. The molecule has 0 spiro atoms. The first-order valence-electron chi connectivity index (χ1n) is 9.66. The first-order chi connectivity index (χ1) is 14.4. The lowest BCUT2D eigenvalue weighted by molar-refractivity contribution is -0.136. The number of nitrogens with two attached hydrogens (primary N) is 1. The van der Waals surface area contributed by atoms with E-state index in [2.05, 4.69) is 35.7 Å². The summed E-state index contributed by atoms with van der Waals surface area (Å²) in [5.74, 6) is 0.109. The standard InChI is InChI=1S/C24H22N2O3S/c1-15-12-18(24(25)29)6-8-21(15)26-20(13-23(27)28)7-9-22(26)17-4-2-16(3-5-17)19-10-11-30-14-19/h2-12,19H,13-14H2,1H3,(H2,25,29)(H,27,28). The Labute approximate surface area is 179 Å². The molecular weight excluding hydrogens is 396 g/mol. The lowest BCUT2D eigenvalue weighted by Gasteiger charge is -2.17. The molecule has 1 aliphatic heterocycles. The molecule has 0 bridgehead atoms. The van der Waals surface area contributed by atoms with Crippen molar-refractivity contribution >= 4 is 23.6 Å². The van der Waals surface area contributed by atoms with Gasteiger partial charge in [0.05, 0.1) is 12.1 Å². The number of hydrogen-bond donors (Lipinski definition) is 2. The number of amides is 1. The van der Waals surface area contributed by atoms with Crippen molar-refractivity contribution in [2.75, 3.05) is 5.75 Å². The van der Waals surface area contributed by atoms with Crippen LogP contribution >= 0.6 is 11.8 Å². The van der Waals surface area contributed by atoms with Gasteiger partial charge in [-0.3, -0.25) is 9.59 Å². The van der Waals surface area contributed by atoms with E-state index in [4.69, 9.17) is 5.73 Å². The van der Waals surface area contributed by atoms with E-state index in [0.29, 0.717) is 17.2 Å². The van der Waals surface area contributed by atoms with Gasteiger partial charge in [0.1, 0.15) is 0 Å². The molecule has 0 fully saturated rings. The Balaban J connectivity index is 1.79. The van der Waals surface area contributed by atoms with E-state index >= 15 is 0 Å². The minimum Gasteiger partial charge on any atom is -0.481 e. The van der Waals surface area contributed by atoms with Gasteiger partial charge in [0.15, 0.2) is 0 Å². The van der Waals surface area contributed by atoms with Crippen molar-refractivity contribution in [2.45, 2.75) is 19.3 Å². The third-order valence-electron chi connectivity index (χ3n) is 5.33. The van der Waals surface area contributed by atoms with Gasteiger partial charge in [0, 0.05) is 28.6 Å². The maximum Gasteiger partial charge on any atom is 0.309 e. The number of carbonyl (C=O) groups is 2. The molecule has 0 saturated carbocycles. The second-order valence-electron chi connectivity index (χ2n) is 7.37. The molecule has 0 radical (unpaired) electrons. The zero-order valence-electron chi connectivity index (χ0n) is 16.5. The first kappa shape index (κ1) is 20.0. The highest BCUT2D eigenvalue weighted by atomic mass is 32.2. The van der Waals surface area contributed by atoms with Gasteiger partial charge in [0.2, 0.25) is 5.91 Å². The van der Waals surface area contributed by atoms with Gasteiger partial charge < -0.3 is 15.4 Å². The van der Waals surface area contributed by atoms with Crippen LogP contribution in [0.5, 0.6) is 0 Å². The van der Waals surface area contributed by atoms with Gasteiger partial charge in [-0.25, -0.2) is 0 Å². The molecule has 4 rings (SSSR count). The van der Waals surface area contributed by atoms with Crippen LogP contribution < -0.4 is 5.73 Å². The molecule has 3 N–H and O–H groups in total. The van der Waals surface area contributed by atoms with Crippen molar-refractivity contribution in [1.29, 1.82) is 0 Å². The summed E-state index contributed by atoms with van der Waals surface area (Å²) in [6.07, 6.45) is 2.12. The van der Waals surface area contributed by atoms with Crippen LogP contribution in [0.1, 0.15) is 33.1 Å². The summed E-state index contributed by atoms with van der Waals surface area (Å²) in [6.45, 7) is 1.89. The number of carbonyl (C=O) groups excluding carboxylic acids is 1. The van der Waals surface area contributed by atoms with Crippen molar-refractivity contribution in [1.82, 2.24) is 4.57 Å². The zero-order chi connectivity index (χ0) is 21.3. The number of allylic oxidation sites excluding steroid dienone is 1. The molecule has 0 aliphatic carbocycles. The fraction of sp³-hybridized carbons (Fsp3) is 0.167. The number of carboxylic acids is 1. The summed E-state index contributed by atoms with van der Waals surface area (Å²) in [7, 11) is 0. The Kier molecular flexibility index (Phi) is 5.50. The number of thioether (sulfide) groups is 1. The number of aryl methyl sites for hydroxylation is 1. The fourth-order valence-electron chi connectivity index (χ4n) is 3.81. The van der Waals surface area contributed by atoms with E-state index in [1.807, 2.05) is 41.5 Å². The molecule has 6 heteroatoms. The number of rotatable bonds is 6. The summed E-state index contributed by atoms with van der Waals surface area (Å²) in [6, 6.07) is 17.4. The fourth-order valence-corrected chi connectivity index (χ4v) is 4.74. The van der Waals surface area contributed by atoms with E-state index in [0.717, 1.165) is 28.3 Å². The average Bonchev–Trinajstić information content (AvgIpc) is 3.38. The second kappa shape index (κ2) is 8.24. The number of aliphatic carboxylic acids is 1. The van der Waals surface area contributed by atoms with Crippen LogP contribution in [0.25, 0.3) is 16.9 Å². The third-order valence-corrected chi connectivity index (χ3v) is 6.23. The van der Waals surface area contributed by atoms with Crippen LogP contribution in [0.15, 0.2) is 66.1 Å². The number of primary amides is 1. The van der Waals surface area contributed by atoms with Crippen molar-refractivity contribution in [3.05, 3.63) is 88.5 Å². The summed E-state index contributed by atoms with van der Waals surface area (Å²) in [4.78, 5) is 23.0. The predicted octanol–water partition coefficient (Wildman–Crippen LogP) is 4.52. The highest BCUT2D eigenvalue weighted by Crippen LogP contribution is 2.33. The maximum atomic E-state index is 11.5. The van der Waals surface area contributed by atoms with Gasteiger partial charge in [-0.2, -0.15) is 0 Å². The van der Waals surface area contributed by atoms with Gasteiger partial charge in [-0.1, -0.05) is 30.3 Å². The molecule has 1 amide bonds. The van der Waals surface area contributed by atoms with Gasteiger partial charge >= 0.3 is 5.97 Å². The quantitative estimate of drug-likeness (QED) is 0.616. The molecule has 0 saturated heterocycles. The predicted molar refractivity (Wildman–Crippen MR) is 120 cm³/mol. The SMILES string of the molecule is Cc1cc(C(N)=O)ccc1-n1c(CC(=O)O)ccc1-c1ccc(C2C=CSC2)cc1. The van der Waals surface area contributed by atoms with E-state index in [9.17, 15) is 14.7 Å². The van der Waals surface area contributed by atoms with E-state index in [1.54, 1.807) is 12.1 Å². The summed E-state index contributed by atoms with van der Waals surface area (Å²) < 4.78 is 1.95. The second-order valence-corrected chi connectivity index (χ2v) is 8.31. The largest absolute Gasteiger partial charge is 0.481 e. The Morgan fingerprint density at radius 3 is 2.50 bits per heavy atom. The Morgan fingerprint density at radius 1 is 1.13 bits per heavy atom. The molecule has 1 unspecified atom stereocenters. The molecule has 1 aliphatic rings. The molecule has 152 valence electrons. The maximum absolute atomic E-state index is 11.5. The van der Waals surface area contributed by atoms with Crippen LogP contribution in [0.3, 0.4) is 0 Å². The van der Waals surface area contributed by atoms with Gasteiger partial charge in [0.25, 0.3) is 0 Å². The van der Waals surface area contributed by atoms with E-state index < -0.39 is 11.9 Å². The van der Waals surface area contributed by atoms with Crippen LogP contribution in [-0.2, 0) is 11.2 Å². The van der Waals surface area contributed by atoms with E-state index in [1.165, 1.54) is 5.56 Å². The summed E-state index contributed by atoms with van der Waals surface area (Å²) >= 11 is 1.82. The van der Waals surface area contributed by atoms with Crippen LogP contribution in [0.4, 0.5) is 0 Å². The number of carboxylic acid groups (broad SMARTS) is 1. The molecule has 3 aromatic rings. The van der Waals surface area contributed by atoms with E-state index in [-0.39, 0.29) is 6.42 Å². The monoisotopic (exact) mass is 418 g/mol. The highest BCUT2D eigenvalue weighted by Gasteiger charge is 2.18. The van der Waals surface area contributed by atoms with Crippen LogP contribution in [-0.4, -0.2) is 27.3 Å². The minimum atomic E-state index is -0.895. The van der Waals surface area contributed by atoms with Crippen molar-refractivity contribution in [2.24, 2.45) is 5.73 Å². The van der Waals surface area contributed by atoms with Crippen LogP contribution in [0, 0.1) is 6.92 Å². The molecule has 30 heavy (non-hydrogen) atoms. The molecule has 5 nitrogen and oxygen atoms in total. The van der Waals surface area contributed by atoms with Gasteiger partial charge in [-0.15, -0.1) is 11.8 Å². The average molecular weight is 419 g/mol. The molecule has 1 aromatic heterocycles. The number of benzene rings is 2. The topological polar surface area (TPSA) is 85.3 Å². The molecule has 1 atom stereocenters. The van der Waals surface area contributed by atoms with Crippen molar-refractivity contribution < 1.29 is 14.7 Å². The molecule has 2 heterocycles. The normalized spacial score (nSPS) is 15.4. The highest BCUT2D eigenvalue weighted by molar-refractivity contribution is 8.02. The van der Waals surface area contributed by atoms with Crippen molar-refractivity contribution in [3.63, 3.8) is 0 Å². The molecule has 2 aromatic carbocycles. The lowest BCUT2D eigenvalue weighted by atomic mass is 9.99. The summed E-state index contributed by atoms with van der Waals surface area (Å²) in [5.41, 5.74) is 11.4. The Morgan fingerprint density at radius 2 is 1.90 bits per heavy atom. The Bertz CT molecular complexity index is 1150. The summed E-state index contributed by atoms with van der Waals surface area (Å²) in [5, 5.41) is 11.5. The number of nitrogens with zero attached hydrogens (tertiary/aromatic N) is 1. The minimum absolute atomic E-state index is 0.0980. The smallest absolute Gasteiger partial charge is 0.309 e. The zero-order valence-corrected chi connectivity index (χ0v) is 17.4. The molecular formula is C24H22N2O3S. The number of aromatic nitrogens is 1. The van der Waals surface area contributed by atoms with Crippen molar-refractivity contribution in [3.8, 4) is 16.9 Å². The van der Waals surface area contributed by atoms with Crippen LogP contribution in [0.2, 0.25) is 0 Å². The first-order valence-corrected chi connectivity index (χ1v) is 10.7.